The first-order valence-corrected chi connectivity index (χ1v) is 6.67. The van der Waals surface area contributed by atoms with Gasteiger partial charge in [-0.15, -0.1) is 0 Å². The monoisotopic (exact) mass is 263 g/mol. The molecular formula is C15H21NO3. The quantitative estimate of drug-likeness (QED) is 0.848. The van der Waals surface area contributed by atoms with Crippen molar-refractivity contribution in [3.8, 4) is 11.5 Å². The second-order valence-electron chi connectivity index (χ2n) is 5.62. The third-order valence-corrected chi connectivity index (χ3v) is 3.07. The number of hydrogen-bond acceptors (Lipinski definition) is 4. The number of carbonyl (C=O) groups excluding carboxylic acids is 1. The lowest BCUT2D eigenvalue weighted by Gasteiger charge is -2.17. The number of Topliss-reactive ketones (excluding diaryl/α,β-unsaturated/α-hetero) is 1. The van der Waals surface area contributed by atoms with Crippen molar-refractivity contribution in [1.82, 2.24) is 0 Å². The van der Waals surface area contributed by atoms with Crippen molar-refractivity contribution in [2.24, 2.45) is 5.73 Å². The van der Waals surface area contributed by atoms with E-state index < -0.39 is 0 Å². The van der Waals surface area contributed by atoms with Crippen LogP contribution in [0.5, 0.6) is 11.5 Å². The van der Waals surface area contributed by atoms with Gasteiger partial charge in [0.15, 0.2) is 17.3 Å². The van der Waals surface area contributed by atoms with Crippen LogP contribution >= 0.6 is 0 Å². The Balaban J connectivity index is 2.08. The molecule has 19 heavy (non-hydrogen) atoms. The molecule has 1 aliphatic heterocycles. The van der Waals surface area contributed by atoms with E-state index in [0.29, 0.717) is 43.1 Å². The minimum absolute atomic E-state index is 0.0918. The fourth-order valence-corrected chi connectivity index (χ4v) is 1.92. The van der Waals surface area contributed by atoms with E-state index in [1.165, 1.54) is 0 Å². The van der Waals surface area contributed by atoms with Crippen LogP contribution < -0.4 is 15.2 Å². The normalized spacial score (nSPS) is 14.9. The zero-order valence-electron chi connectivity index (χ0n) is 11.6. The Labute approximate surface area is 113 Å². The summed E-state index contributed by atoms with van der Waals surface area (Å²) in [5.74, 6) is 1.47. The highest BCUT2D eigenvalue weighted by atomic mass is 16.5. The molecule has 0 saturated carbocycles. The Kier molecular flexibility index (Phi) is 4.10. The van der Waals surface area contributed by atoms with Crippen molar-refractivity contribution in [3.05, 3.63) is 23.8 Å². The SMILES string of the molecule is CC(C)(N)CCC(=O)c1ccc2c(c1)OCCCO2. The van der Waals surface area contributed by atoms with Crippen LogP contribution in [0.3, 0.4) is 0 Å². The molecule has 4 heteroatoms. The number of benzene rings is 1. The lowest BCUT2D eigenvalue weighted by atomic mass is 9.96. The first-order valence-electron chi connectivity index (χ1n) is 6.67. The predicted molar refractivity (Wildman–Crippen MR) is 73.9 cm³/mol. The standard InChI is InChI=1S/C15H21NO3/c1-15(2,16)7-6-12(17)11-4-5-13-14(10-11)19-9-3-8-18-13/h4-5,10H,3,6-9,16H2,1-2H3. The van der Waals surface area contributed by atoms with E-state index in [1.807, 2.05) is 19.9 Å². The Morgan fingerprint density at radius 1 is 1.26 bits per heavy atom. The number of nitrogens with two attached hydrogens (primary N) is 1. The van der Waals surface area contributed by atoms with E-state index in [1.54, 1.807) is 12.1 Å². The molecule has 0 fully saturated rings. The van der Waals surface area contributed by atoms with Gasteiger partial charge in [-0.05, 0) is 38.5 Å². The summed E-state index contributed by atoms with van der Waals surface area (Å²) >= 11 is 0. The van der Waals surface area contributed by atoms with Crippen molar-refractivity contribution < 1.29 is 14.3 Å². The van der Waals surface area contributed by atoms with Crippen LogP contribution in [0.15, 0.2) is 18.2 Å². The lowest BCUT2D eigenvalue weighted by Crippen LogP contribution is -2.32. The second-order valence-corrected chi connectivity index (χ2v) is 5.62. The summed E-state index contributed by atoms with van der Waals surface area (Å²) in [7, 11) is 0. The van der Waals surface area contributed by atoms with Gasteiger partial charge in [0.2, 0.25) is 0 Å². The van der Waals surface area contributed by atoms with Crippen LogP contribution in [0.2, 0.25) is 0 Å². The van der Waals surface area contributed by atoms with E-state index in [0.717, 1.165) is 6.42 Å². The van der Waals surface area contributed by atoms with Gasteiger partial charge in [-0.2, -0.15) is 0 Å². The second kappa shape index (κ2) is 5.61. The molecule has 2 N–H and O–H groups in total. The Bertz CT molecular complexity index is 463. The molecule has 1 aliphatic rings. The average molecular weight is 263 g/mol. The van der Waals surface area contributed by atoms with Crippen molar-refractivity contribution in [1.29, 1.82) is 0 Å². The van der Waals surface area contributed by atoms with Crippen LogP contribution in [0.1, 0.15) is 43.5 Å². The molecule has 0 aromatic heterocycles. The third kappa shape index (κ3) is 3.96. The van der Waals surface area contributed by atoms with Gasteiger partial charge in [0.05, 0.1) is 13.2 Å². The van der Waals surface area contributed by atoms with Gasteiger partial charge in [-0.3, -0.25) is 4.79 Å². The summed E-state index contributed by atoms with van der Waals surface area (Å²) in [6, 6.07) is 5.37. The summed E-state index contributed by atoms with van der Waals surface area (Å²) in [5, 5.41) is 0. The van der Waals surface area contributed by atoms with E-state index in [9.17, 15) is 4.79 Å². The van der Waals surface area contributed by atoms with E-state index >= 15 is 0 Å². The smallest absolute Gasteiger partial charge is 0.163 e. The maximum Gasteiger partial charge on any atom is 0.163 e. The highest BCUT2D eigenvalue weighted by Gasteiger charge is 2.17. The Morgan fingerprint density at radius 2 is 1.95 bits per heavy atom. The average Bonchev–Trinajstić information content (AvgIpc) is 2.59. The minimum Gasteiger partial charge on any atom is -0.490 e. The summed E-state index contributed by atoms with van der Waals surface area (Å²) < 4.78 is 11.1. The van der Waals surface area contributed by atoms with Gasteiger partial charge in [-0.1, -0.05) is 0 Å². The van der Waals surface area contributed by atoms with Crippen molar-refractivity contribution in [2.75, 3.05) is 13.2 Å². The molecule has 0 aliphatic carbocycles. The molecule has 104 valence electrons. The molecule has 0 spiro atoms. The molecule has 0 bridgehead atoms. The van der Waals surface area contributed by atoms with Gasteiger partial charge < -0.3 is 15.2 Å². The number of ketones is 1. The minimum atomic E-state index is -0.318. The maximum atomic E-state index is 12.1. The summed E-state index contributed by atoms with van der Waals surface area (Å²) in [6.45, 7) is 5.13. The van der Waals surface area contributed by atoms with Crippen LogP contribution in [0.25, 0.3) is 0 Å². The first kappa shape index (κ1) is 13.9. The summed E-state index contributed by atoms with van der Waals surface area (Å²) in [6.07, 6.45) is 1.97. The summed E-state index contributed by atoms with van der Waals surface area (Å²) in [4.78, 5) is 12.1. The highest BCUT2D eigenvalue weighted by Crippen LogP contribution is 2.31. The predicted octanol–water partition coefficient (Wildman–Crippen LogP) is 2.55. The number of rotatable bonds is 4. The van der Waals surface area contributed by atoms with Crippen LogP contribution in [0, 0.1) is 0 Å². The largest absolute Gasteiger partial charge is 0.490 e. The third-order valence-electron chi connectivity index (χ3n) is 3.07. The van der Waals surface area contributed by atoms with Gasteiger partial charge >= 0.3 is 0 Å². The molecule has 1 aromatic rings. The van der Waals surface area contributed by atoms with Gasteiger partial charge in [-0.25, -0.2) is 0 Å². The Morgan fingerprint density at radius 3 is 2.63 bits per heavy atom. The molecule has 1 aromatic carbocycles. The molecule has 1 heterocycles. The van der Waals surface area contributed by atoms with E-state index in [-0.39, 0.29) is 11.3 Å². The zero-order chi connectivity index (χ0) is 13.9. The molecule has 0 saturated heterocycles. The Hall–Kier alpha value is -1.55. The maximum absolute atomic E-state index is 12.1. The highest BCUT2D eigenvalue weighted by molar-refractivity contribution is 5.96. The number of fused-ring (bicyclic) bond motifs is 1. The van der Waals surface area contributed by atoms with Gasteiger partial charge in [0.1, 0.15) is 0 Å². The summed E-state index contributed by atoms with van der Waals surface area (Å²) in [5.41, 5.74) is 6.24. The number of hydrogen-bond donors (Lipinski definition) is 1. The van der Waals surface area contributed by atoms with Crippen LogP contribution in [-0.2, 0) is 0 Å². The fourth-order valence-electron chi connectivity index (χ4n) is 1.92. The lowest BCUT2D eigenvalue weighted by molar-refractivity contribution is 0.0972. The molecule has 0 amide bonds. The molecule has 2 rings (SSSR count). The topological polar surface area (TPSA) is 61.6 Å². The van der Waals surface area contributed by atoms with Crippen molar-refractivity contribution >= 4 is 5.78 Å². The molecule has 0 unspecified atom stereocenters. The van der Waals surface area contributed by atoms with E-state index in [4.69, 9.17) is 15.2 Å². The number of carbonyl (C=O) groups is 1. The molecule has 0 radical (unpaired) electrons. The van der Waals surface area contributed by atoms with Crippen LogP contribution in [0.4, 0.5) is 0 Å². The first-order chi connectivity index (χ1) is 8.96. The van der Waals surface area contributed by atoms with Gasteiger partial charge in [0.25, 0.3) is 0 Å². The van der Waals surface area contributed by atoms with E-state index in [2.05, 4.69) is 0 Å². The van der Waals surface area contributed by atoms with Crippen LogP contribution in [-0.4, -0.2) is 24.5 Å². The fraction of sp³-hybridized carbons (Fsp3) is 0.533. The number of ether oxygens (including phenoxy) is 2. The molecule has 0 atom stereocenters. The van der Waals surface area contributed by atoms with Crippen molar-refractivity contribution in [2.45, 2.75) is 38.6 Å². The van der Waals surface area contributed by atoms with Crippen molar-refractivity contribution in [3.63, 3.8) is 0 Å². The molecular weight excluding hydrogens is 242 g/mol. The van der Waals surface area contributed by atoms with Gasteiger partial charge in [0, 0.05) is 23.9 Å². The molecule has 4 nitrogen and oxygen atoms in total. The zero-order valence-corrected chi connectivity index (χ0v) is 11.6.